The Morgan fingerprint density at radius 1 is 1.07 bits per heavy atom. The summed E-state index contributed by atoms with van der Waals surface area (Å²) >= 11 is 0. The molecule has 1 N–H and O–H groups in total. The van der Waals surface area contributed by atoms with E-state index in [0.29, 0.717) is 30.0 Å². The predicted molar refractivity (Wildman–Crippen MR) is 99.1 cm³/mol. The van der Waals surface area contributed by atoms with Crippen molar-refractivity contribution in [3.8, 4) is 11.5 Å². The fourth-order valence-electron chi connectivity index (χ4n) is 3.50. The highest BCUT2D eigenvalue weighted by Gasteiger charge is 2.31. The maximum atomic E-state index is 13.5. The molecule has 1 aliphatic heterocycles. The lowest BCUT2D eigenvalue weighted by molar-refractivity contribution is 0.353. The first-order chi connectivity index (χ1) is 12.9. The largest absolute Gasteiger partial charge is 0.493 e. The Bertz CT molecular complexity index is 1120. The van der Waals surface area contributed by atoms with Gasteiger partial charge in [-0.2, -0.15) is 4.31 Å². The molecule has 8 heteroatoms. The predicted octanol–water partition coefficient (Wildman–Crippen LogP) is 3.07. The molecule has 0 spiro atoms. The number of ether oxygens (including phenoxy) is 2. The summed E-state index contributed by atoms with van der Waals surface area (Å²) in [5.41, 5.74) is 2.53. The minimum absolute atomic E-state index is 0.148. The van der Waals surface area contributed by atoms with Crippen molar-refractivity contribution in [2.45, 2.75) is 17.9 Å². The standard InChI is InChI=1S/C19H19FN2O4S/c1-25-18-6-4-13(10-19(18)26-2)27(23,24)22-8-7-16-15(11-22)14-5-3-12(20)9-17(14)21-16/h3-6,9-10,21H,7-8,11H2,1-2H3. The number of halogens is 1. The molecule has 142 valence electrons. The molecule has 6 nitrogen and oxygen atoms in total. The molecule has 2 heterocycles. The Kier molecular flexibility index (Phi) is 4.32. The number of fused-ring (bicyclic) bond motifs is 3. The van der Waals surface area contributed by atoms with E-state index >= 15 is 0 Å². The van der Waals surface area contributed by atoms with Gasteiger partial charge in [0.25, 0.3) is 0 Å². The second-order valence-corrected chi connectivity index (χ2v) is 8.32. The normalized spacial score (nSPS) is 14.9. The molecular weight excluding hydrogens is 371 g/mol. The van der Waals surface area contributed by atoms with E-state index < -0.39 is 10.0 Å². The SMILES string of the molecule is COc1ccc(S(=O)(=O)N2CCc3[nH]c4cc(F)ccc4c3C2)cc1OC. The average Bonchev–Trinajstić information content (AvgIpc) is 3.03. The number of aromatic amines is 1. The van der Waals surface area contributed by atoms with Gasteiger partial charge in [-0.15, -0.1) is 0 Å². The molecule has 3 aromatic rings. The number of sulfonamides is 1. The molecule has 0 unspecified atom stereocenters. The van der Waals surface area contributed by atoms with Gasteiger partial charge in [0.15, 0.2) is 11.5 Å². The van der Waals surface area contributed by atoms with Crippen molar-refractivity contribution in [1.29, 1.82) is 0 Å². The van der Waals surface area contributed by atoms with Crippen LogP contribution >= 0.6 is 0 Å². The highest BCUT2D eigenvalue weighted by molar-refractivity contribution is 7.89. The third-order valence-corrected chi connectivity index (χ3v) is 6.74. The van der Waals surface area contributed by atoms with Gasteiger partial charge in [0.1, 0.15) is 5.82 Å². The summed E-state index contributed by atoms with van der Waals surface area (Å²) in [5.74, 6) is 0.505. The van der Waals surface area contributed by atoms with Crippen LogP contribution in [0.15, 0.2) is 41.3 Å². The minimum Gasteiger partial charge on any atom is -0.493 e. The maximum Gasteiger partial charge on any atom is 0.243 e. The molecule has 0 saturated heterocycles. The molecule has 27 heavy (non-hydrogen) atoms. The topological polar surface area (TPSA) is 71.6 Å². The lowest BCUT2D eigenvalue weighted by atomic mass is 10.1. The Balaban J connectivity index is 1.71. The van der Waals surface area contributed by atoms with Crippen molar-refractivity contribution >= 4 is 20.9 Å². The number of methoxy groups -OCH3 is 2. The second kappa shape index (κ2) is 6.54. The molecule has 0 saturated carbocycles. The van der Waals surface area contributed by atoms with Gasteiger partial charge in [-0.25, -0.2) is 12.8 Å². The first-order valence-corrected chi connectivity index (χ1v) is 9.89. The van der Waals surface area contributed by atoms with Crippen LogP contribution in [-0.4, -0.2) is 38.5 Å². The van der Waals surface area contributed by atoms with Gasteiger partial charge in [-0.05, 0) is 35.9 Å². The quantitative estimate of drug-likeness (QED) is 0.743. The number of nitrogens with zero attached hydrogens (tertiary/aromatic N) is 1. The minimum atomic E-state index is -3.71. The Hall–Kier alpha value is -2.58. The molecule has 1 aliphatic rings. The lowest BCUT2D eigenvalue weighted by Crippen LogP contribution is -2.35. The lowest BCUT2D eigenvalue weighted by Gasteiger charge is -2.26. The molecule has 0 bridgehead atoms. The van der Waals surface area contributed by atoms with Crippen molar-refractivity contribution in [3.05, 3.63) is 53.5 Å². The highest BCUT2D eigenvalue weighted by atomic mass is 32.2. The van der Waals surface area contributed by atoms with E-state index in [2.05, 4.69) is 4.98 Å². The first kappa shape index (κ1) is 17.8. The molecule has 0 radical (unpaired) electrons. The smallest absolute Gasteiger partial charge is 0.243 e. The van der Waals surface area contributed by atoms with Gasteiger partial charge in [0.05, 0.1) is 19.1 Å². The van der Waals surface area contributed by atoms with Crippen molar-refractivity contribution in [2.75, 3.05) is 20.8 Å². The number of aromatic nitrogens is 1. The third kappa shape index (κ3) is 2.94. The number of rotatable bonds is 4. The summed E-state index contributed by atoms with van der Waals surface area (Å²) in [4.78, 5) is 3.35. The first-order valence-electron chi connectivity index (χ1n) is 8.45. The fraction of sp³-hybridized carbons (Fsp3) is 0.263. The molecular formula is C19H19FN2O4S. The van der Waals surface area contributed by atoms with Crippen LogP contribution in [-0.2, 0) is 23.0 Å². The van der Waals surface area contributed by atoms with Gasteiger partial charge >= 0.3 is 0 Å². The zero-order valence-electron chi connectivity index (χ0n) is 15.0. The summed E-state index contributed by atoms with van der Waals surface area (Å²) in [7, 11) is -0.744. The number of H-pyrrole nitrogens is 1. The zero-order valence-corrected chi connectivity index (χ0v) is 15.8. The van der Waals surface area contributed by atoms with Crippen molar-refractivity contribution in [1.82, 2.24) is 9.29 Å². The molecule has 1 aromatic heterocycles. The number of hydrogen-bond acceptors (Lipinski definition) is 4. The van der Waals surface area contributed by atoms with Gasteiger partial charge < -0.3 is 14.5 Å². The van der Waals surface area contributed by atoms with E-state index in [1.54, 1.807) is 12.1 Å². The van der Waals surface area contributed by atoms with E-state index in [0.717, 1.165) is 16.6 Å². The van der Waals surface area contributed by atoms with Crippen LogP contribution in [0.5, 0.6) is 11.5 Å². The van der Waals surface area contributed by atoms with E-state index in [4.69, 9.17) is 9.47 Å². The van der Waals surface area contributed by atoms with Crippen LogP contribution in [0.2, 0.25) is 0 Å². The van der Waals surface area contributed by atoms with Gasteiger partial charge in [-0.3, -0.25) is 0 Å². The van der Waals surface area contributed by atoms with Crippen LogP contribution < -0.4 is 9.47 Å². The van der Waals surface area contributed by atoms with Gasteiger partial charge in [0, 0.05) is 42.2 Å². The highest BCUT2D eigenvalue weighted by Crippen LogP contribution is 2.34. The summed E-state index contributed by atoms with van der Waals surface area (Å²) in [5, 5.41) is 0.846. The Morgan fingerprint density at radius 3 is 2.59 bits per heavy atom. The number of nitrogens with one attached hydrogen (secondary N) is 1. The van der Waals surface area contributed by atoms with Crippen molar-refractivity contribution in [2.24, 2.45) is 0 Å². The summed E-state index contributed by atoms with van der Waals surface area (Å²) in [6.07, 6.45) is 0.540. The van der Waals surface area contributed by atoms with E-state index in [1.807, 2.05) is 0 Å². The van der Waals surface area contributed by atoms with Crippen molar-refractivity contribution in [3.63, 3.8) is 0 Å². The van der Waals surface area contributed by atoms with E-state index in [1.165, 1.54) is 42.8 Å². The third-order valence-electron chi connectivity index (χ3n) is 4.90. The van der Waals surface area contributed by atoms with Crippen molar-refractivity contribution < 1.29 is 22.3 Å². The molecule has 4 rings (SSSR count). The summed E-state index contributed by atoms with van der Waals surface area (Å²) < 4.78 is 51.6. The monoisotopic (exact) mass is 390 g/mol. The van der Waals surface area contributed by atoms with Gasteiger partial charge in [-0.1, -0.05) is 0 Å². The van der Waals surface area contributed by atoms with Crippen LogP contribution in [0, 0.1) is 5.82 Å². The Morgan fingerprint density at radius 2 is 1.85 bits per heavy atom. The summed E-state index contributed by atoms with van der Waals surface area (Å²) in [6, 6.07) is 9.06. The van der Waals surface area contributed by atoms with E-state index in [9.17, 15) is 12.8 Å². The van der Waals surface area contributed by atoms with Gasteiger partial charge in [0.2, 0.25) is 10.0 Å². The summed E-state index contributed by atoms with van der Waals surface area (Å²) in [6.45, 7) is 0.580. The molecule has 2 aromatic carbocycles. The zero-order chi connectivity index (χ0) is 19.2. The van der Waals surface area contributed by atoms with E-state index in [-0.39, 0.29) is 17.3 Å². The number of hydrogen-bond donors (Lipinski definition) is 1. The number of benzene rings is 2. The van der Waals surface area contributed by atoms with Crippen LogP contribution in [0.1, 0.15) is 11.3 Å². The molecule has 0 fully saturated rings. The molecule has 0 atom stereocenters. The second-order valence-electron chi connectivity index (χ2n) is 6.38. The van der Waals surface area contributed by atoms with Crippen LogP contribution in [0.3, 0.4) is 0 Å². The van der Waals surface area contributed by atoms with Crippen LogP contribution in [0.25, 0.3) is 10.9 Å². The Labute approximate surface area is 156 Å². The van der Waals surface area contributed by atoms with Crippen LogP contribution in [0.4, 0.5) is 4.39 Å². The fourth-order valence-corrected chi connectivity index (χ4v) is 4.93. The molecule has 0 aliphatic carbocycles. The maximum absolute atomic E-state index is 13.5. The average molecular weight is 390 g/mol. The molecule has 0 amide bonds.